The highest BCUT2D eigenvalue weighted by Crippen LogP contribution is 2.21. The van der Waals surface area contributed by atoms with Crippen LogP contribution in [0.3, 0.4) is 0 Å². The summed E-state index contributed by atoms with van der Waals surface area (Å²) in [5.41, 5.74) is 0.298. The average molecular weight is 344 g/mol. The molecule has 3 N–H and O–H groups in total. The number of nitrogens with zero attached hydrogens (tertiary/aromatic N) is 2. The molecule has 8 nitrogen and oxygen atoms in total. The maximum atomic E-state index is 12.5. The van der Waals surface area contributed by atoms with Crippen LogP contribution in [0.5, 0.6) is 5.75 Å². The molecule has 25 heavy (non-hydrogen) atoms. The Balaban J connectivity index is 1.65. The Labute approximate surface area is 144 Å². The zero-order valence-electron chi connectivity index (χ0n) is 13.7. The number of hydrogen-bond donors (Lipinski definition) is 3. The number of benzene rings is 1. The second-order valence-electron chi connectivity index (χ2n) is 5.81. The van der Waals surface area contributed by atoms with Crippen molar-refractivity contribution < 1.29 is 19.4 Å². The van der Waals surface area contributed by atoms with Crippen LogP contribution >= 0.6 is 0 Å². The molecule has 8 heteroatoms. The van der Waals surface area contributed by atoms with E-state index in [0.29, 0.717) is 17.9 Å². The second kappa shape index (κ2) is 7.80. The number of anilines is 1. The molecule has 0 radical (unpaired) electrons. The van der Waals surface area contributed by atoms with Crippen LogP contribution in [0.25, 0.3) is 0 Å². The number of carbonyl (C=O) groups is 2. The van der Waals surface area contributed by atoms with E-state index >= 15 is 0 Å². The number of amides is 1. The van der Waals surface area contributed by atoms with Crippen molar-refractivity contribution in [2.24, 2.45) is 0 Å². The first-order chi connectivity index (χ1) is 12.1. The first kappa shape index (κ1) is 17.0. The third-order valence-electron chi connectivity index (χ3n) is 4.10. The van der Waals surface area contributed by atoms with Crippen LogP contribution in [0.15, 0.2) is 30.5 Å². The summed E-state index contributed by atoms with van der Waals surface area (Å²) in [6.45, 7) is 3.49. The van der Waals surface area contributed by atoms with E-state index in [0.717, 1.165) is 19.6 Å². The molecule has 1 aliphatic heterocycles. The average Bonchev–Trinajstić information content (AvgIpc) is 3.27. The number of aromatic amines is 1. The van der Waals surface area contributed by atoms with Crippen LogP contribution in [0.4, 0.5) is 5.69 Å². The third-order valence-corrected chi connectivity index (χ3v) is 4.10. The summed E-state index contributed by atoms with van der Waals surface area (Å²) >= 11 is 0. The predicted molar refractivity (Wildman–Crippen MR) is 91.1 cm³/mol. The van der Waals surface area contributed by atoms with Gasteiger partial charge in [0.15, 0.2) is 5.69 Å². The number of likely N-dealkylation sites (tertiary alicyclic amines) is 1. The Morgan fingerprint density at radius 3 is 2.80 bits per heavy atom. The zero-order valence-corrected chi connectivity index (χ0v) is 13.7. The summed E-state index contributed by atoms with van der Waals surface area (Å²) < 4.78 is 5.77. The van der Waals surface area contributed by atoms with Gasteiger partial charge in [0, 0.05) is 6.54 Å². The van der Waals surface area contributed by atoms with Crippen molar-refractivity contribution in [1.82, 2.24) is 15.1 Å². The van der Waals surface area contributed by atoms with Gasteiger partial charge in [-0.15, -0.1) is 0 Å². The normalized spacial score (nSPS) is 14.4. The molecule has 0 atom stereocenters. The SMILES string of the molecule is O=C(Nc1cn[nH]c1C(=O)O)c1ccccc1OCCN1CCCC1. The summed E-state index contributed by atoms with van der Waals surface area (Å²) in [7, 11) is 0. The zero-order chi connectivity index (χ0) is 17.6. The van der Waals surface area contributed by atoms with E-state index < -0.39 is 11.9 Å². The van der Waals surface area contributed by atoms with Gasteiger partial charge in [0.25, 0.3) is 5.91 Å². The maximum absolute atomic E-state index is 12.5. The summed E-state index contributed by atoms with van der Waals surface area (Å²) in [6, 6.07) is 6.89. The Hall–Kier alpha value is -2.87. The summed E-state index contributed by atoms with van der Waals surface area (Å²) in [5, 5.41) is 17.6. The number of para-hydroxylation sites is 1. The number of carboxylic acid groups (broad SMARTS) is 1. The molecular weight excluding hydrogens is 324 g/mol. The van der Waals surface area contributed by atoms with E-state index in [1.54, 1.807) is 24.3 Å². The minimum atomic E-state index is -1.19. The molecule has 0 spiro atoms. The van der Waals surface area contributed by atoms with Gasteiger partial charge in [-0.25, -0.2) is 4.79 Å². The number of carbonyl (C=O) groups excluding carboxylic acids is 1. The Morgan fingerprint density at radius 2 is 2.04 bits per heavy atom. The van der Waals surface area contributed by atoms with Gasteiger partial charge in [-0.1, -0.05) is 12.1 Å². The number of H-pyrrole nitrogens is 1. The van der Waals surface area contributed by atoms with Crippen molar-refractivity contribution in [2.75, 3.05) is 31.6 Å². The summed E-state index contributed by atoms with van der Waals surface area (Å²) in [4.78, 5) is 25.9. The van der Waals surface area contributed by atoms with Gasteiger partial charge in [0.1, 0.15) is 12.4 Å². The van der Waals surface area contributed by atoms with Crippen molar-refractivity contribution in [1.29, 1.82) is 0 Å². The second-order valence-corrected chi connectivity index (χ2v) is 5.81. The first-order valence-corrected chi connectivity index (χ1v) is 8.17. The number of carboxylic acids is 1. The number of nitrogens with one attached hydrogen (secondary N) is 2. The molecule has 2 aromatic rings. The van der Waals surface area contributed by atoms with Crippen LogP contribution in [-0.4, -0.2) is 58.3 Å². The third kappa shape index (κ3) is 4.16. The molecule has 0 aliphatic carbocycles. The van der Waals surface area contributed by atoms with E-state index in [-0.39, 0.29) is 11.4 Å². The number of aromatic nitrogens is 2. The molecule has 0 bridgehead atoms. The molecule has 1 saturated heterocycles. The lowest BCUT2D eigenvalue weighted by Crippen LogP contribution is -2.25. The van der Waals surface area contributed by atoms with E-state index in [2.05, 4.69) is 20.4 Å². The highest BCUT2D eigenvalue weighted by molar-refractivity contribution is 6.08. The molecule has 2 heterocycles. The quantitative estimate of drug-likeness (QED) is 0.707. The van der Waals surface area contributed by atoms with Crippen LogP contribution < -0.4 is 10.1 Å². The van der Waals surface area contributed by atoms with Gasteiger partial charge in [-0.3, -0.25) is 14.8 Å². The van der Waals surface area contributed by atoms with Crippen LogP contribution in [0.2, 0.25) is 0 Å². The van der Waals surface area contributed by atoms with Crippen molar-refractivity contribution in [2.45, 2.75) is 12.8 Å². The molecule has 1 aromatic heterocycles. The van der Waals surface area contributed by atoms with Crippen LogP contribution in [0.1, 0.15) is 33.7 Å². The van der Waals surface area contributed by atoms with Gasteiger partial charge >= 0.3 is 5.97 Å². The van der Waals surface area contributed by atoms with E-state index in [9.17, 15) is 9.59 Å². The number of aromatic carboxylic acids is 1. The molecule has 1 aliphatic rings. The summed E-state index contributed by atoms with van der Waals surface area (Å²) in [6.07, 6.45) is 3.70. The van der Waals surface area contributed by atoms with Gasteiger partial charge in [-0.2, -0.15) is 5.10 Å². The van der Waals surface area contributed by atoms with E-state index in [1.165, 1.54) is 19.0 Å². The minimum Gasteiger partial charge on any atom is -0.491 e. The van der Waals surface area contributed by atoms with Crippen LogP contribution in [0, 0.1) is 0 Å². The fourth-order valence-electron chi connectivity index (χ4n) is 2.80. The van der Waals surface area contributed by atoms with E-state index in [1.807, 2.05) is 0 Å². The first-order valence-electron chi connectivity index (χ1n) is 8.17. The topological polar surface area (TPSA) is 108 Å². The monoisotopic (exact) mass is 344 g/mol. The molecule has 132 valence electrons. The van der Waals surface area contributed by atoms with Gasteiger partial charge in [0.2, 0.25) is 0 Å². The largest absolute Gasteiger partial charge is 0.491 e. The minimum absolute atomic E-state index is 0.115. The fourth-order valence-corrected chi connectivity index (χ4v) is 2.80. The lowest BCUT2D eigenvalue weighted by atomic mass is 10.2. The standard InChI is InChI=1S/C17H20N4O4/c22-16(19-13-11-18-20-15(13)17(23)24)12-5-1-2-6-14(12)25-10-9-21-7-3-4-8-21/h1-2,5-6,11H,3-4,7-10H2,(H,18,20)(H,19,22)(H,23,24). The van der Waals surface area contributed by atoms with Crippen LogP contribution in [-0.2, 0) is 0 Å². The van der Waals surface area contributed by atoms with Gasteiger partial charge in [-0.05, 0) is 38.1 Å². The molecule has 0 unspecified atom stereocenters. The maximum Gasteiger partial charge on any atom is 0.356 e. The fraction of sp³-hybridized carbons (Fsp3) is 0.353. The lowest BCUT2D eigenvalue weighted by Gasteiger charge is -2.16. The highest BCUT2D eigenvalue weighted by Gasteiger charge is 2.18. The van der Waals surface area contributed by atoms with Gasteiger partial charge < -0.3 is 15.2 Å². The van der Waals surface area contributed by atoms with E-state index in [4.69, 9.17) is 9.84 Å². The number of rotatable bonds is 7. The molecule has 1 aromatic carbocycles. The molecule has 1 amide bonds. The predicted octanol–water partition coefficient (Wildman–Crippen LogP) is 1.83. The molecule has 0 saturated carbocycles. The molecule has 1 fully saturated rings. The molecule has 3 rings (SSSR count). The van der Waals surface area contributed by atoms with Gasteiger partial charge in [0.05, 0.1) is 17.4 Å². The Bertz CT molecular complexity index is 753. The van der Waals surface area contributed by atoms with Crippen molar-refractivity contribution in [3.63, 3.8) is 0 Å². The molecular formula is C17H20N4O4. The van der Waals surface area contributed by atoms with Crippen molar-refractivity contribution in [3.8, 4) is 5.75 Å². The Kier molecular flexibility index (Phi) is 5.30. The smallest absolute Gasteiger partial charge is 0.356 e. The van der Waals surface area contributed by atoms with Crippen molar-refractivity contribution >= 4 is 17.6 Å². The van der Waals surface area contributed by atoms with Crippen molar-refractivity contribution in [3.05, 3.63) is 41.7 Å². The summed E-state index contributed by atoms with van der Waals surface area (Å²) in [5.74, 6) is -1.16. The number of hydrogen-bond acceptors (Lipinski definition) is 5. The highest BCUT2D eigenvalue weighted by atomic mass is 16.5. The number of ether oxygens (including phenoxy) is 1. The lowest BCUT2D eigenvalue weighted by molar-refractivity contribution is 0.0691. The Morgan fingerprint density at radius 1 is 1.28 bits per heavy atom.